The van der Waals surface area contributed by atoms with Gasteiger partial charge < -0.3 is 14.6 Å². The molecule has 1 N–H and O–H groups in total. The van der Waals surface area contributed by atoms with Gasteiger partial charge in [0.1, 0.15) is 5.60 Å². The van der Waals surface area contributed by atoms with E-state index in [1.807, 2.05) is 25.7 Å². The SMILES string of the molecule is CC(C)c1c(Br)[nH]c2ccc(C3CCN(C(=O)OC(C)(C)C)CC3)cc12. The van der Waals surface area contributed by atoms with Crippen LogP contribution in [0.15, 0.2) is 22.8 Å². The Bertz CT molecular complexity index is 796. The van der Waals surface area contributed by atoms with Crippen LogP contribution >= 0.6 is 15.9 Å². The molecule has 0 atom stereocenters. The van der Waals surface area contributed by atoms with Gasteiger partial charge in [-0.2, -0.15) is 0 Å². The number of likely N-dealkylation sites (tertiary alicyclic amines) is 1. The van der Waals surface area contributed by atoms with Crippen molar-refractivity contribution in [1.82, 2.24) is 9.88 Å². The van der Waals surface area contributed by atoms with Gasteiger partial charge in [0.25, 0.3) is 0 Å². The second-order valence-corrected chi connectivity index (χ2v) is 9.35. The van der Waals surface area contributed by atoms with Crippen molar-refractivity contribution in [2.24, 2.45) is 0 Å². The van der Waals surface area contributed by atoms with Gasteiger partial charge in [-0.3, -0.25) is 0 Å². The molecule has 4 nitrogen and oxygen atoms in total. The van der Waals surface area contributed by atoms with Crippen molar-refractivity contribution in [3.63, 3.8) is 0 Å². The number of amides is 1. The number of halogens is 1. The number of benzene rings is 1. The van der Waals surface area contributed by atoms with E-state index in [9.17, 15) is 4.79 Å². The van der Waals surface area contributed by atoms with E-state index in [4.69, 9.17) is 4.74 Å². The van der Waals surface area contributed by atoms with E-state index in [0.717, 1.165) is 30.5 Å². The first kappa shape index (κ1) is 19.3. The molecule has 0 aliphatic carbocycles. The maximum atomic E-state index is 12.2. The Labute approximate surface area is 164 Å². The van der Waals surface area contributed by atoms with E-state index in [2.05, 4.69) is 53.0 Å². The summed E-state index contributed by atoms with van der Waals surface area (Å²) < 4.78 is 6.58. The van der Waals surface area contributed by atoms with Crippen molar-refractivity contribution in [1.29, 1.82) is 0 Å². The normalized spacial score (nSPS) is 16.5. The summed E-state index contributed by atoms with van der Waals surface area (Å²) in [4.78, 5) is 17.5. The quantitative estimate of drug-likeness (QED) is 0.631. The van der Waals surface area contributed by atoms with Gasteiger partial charge >= 0.3 is 6.09 Å². The van der Waals surface area contributed by atoms with Crippen LogP contribution in [0.3, 0.4) is 0 Å². The number of nitrogens with zero attached hydrogens (tertiary/aromatic N) is 1. The van der Waals surface area contributed by atoms with Crippen LogP contribution in [0.2, 0.25) is 0 Å². The number of nitrogens with one attached hydrogen (secondary N) is 1. The second kappa shape index (κ2) is 7.26. The summed E-state index contributed by atoms with van der Waals surface area (Å²) in [7, 11) is 0. The van der Waals surface area contributed by atoms with Crippen LogP contribution in [0, 0.1) is 0 Å². The van der Waals surface area contributed by atoms with Gasteiger partial charge in [-0.25, -0.2) is 4.79 Å². The highest BCUT2D eigenvalue weighted by Gasteiger charge is 2.27. The van der Waals surface area contributed by atoms with Crippen LogP contribution in [-0.4, -0.2) is 34.7 Å². The lowest BCUT2D eigenvalue weighted by Gasteiger charge is -2.33. The standard InChI is InChI=1S/C21H29BrN2O2/c1-13(2)18-16-12-15(6-7-17(16)23-19(18)22)14-8-10-24(11-9-14)20(25)26-21(3,4)5/h6-7,12-14,23H,8-11H2,1-5H3. The summed E-state index contributed by atoms with van der Waals surface area (Å²) in [6, 6.07) is 6.74. The Kier molecular flexibility index (Phi) is 5.38. The lowest BCUT2D eigenvalue weighted by molar-refractivity contribution is 0.0205. The molecule has 1 fully saturated rings. The predicted molar refractivity (Wildman–Crippen MR) is 110 cm³/mol. The Hall–Kier alpha value is -1.49. The highest BCUT2D eigenvalue weighted by molar-refractivity contribution is 9.10. The van der Waals surface area contributed by atoms with Crippen molar-refractivity contribution in [2.75, 3.05) is 13.1 Å². The van der Waals surface area contributed by atoms with Crippen LogP contribution < -0.4 is 0 Å². The van der Waals surface area contributed by atoms with Crippen molar-refractivity contribution < 1.29 is 9.53 Å². The number of fused-ring (bicyclic) bond motifs is 1. The Morgan fingerprint density at radius 2 is 1.92 bits per heavy atom. The van der Waals surface area contributed by atoms with E-state index in [1.54, 1.807) is 0 Å². The first-order valence-electron chi connectivity index (χ1n) is 9.44. The third kappa shape index (κ3) is 4.08. The van der Waals surface area contributed by atoms with E-state index in [0.29, 0.717) is 11.8 Å². The fourth-order valence-electron chi connectivity index (χ4n) is 3.74. The molecule has 1 amide bonds. The zero-order chi connectivity index (χ0) is 19.1. The topological polar surface area (TPSA) is 45.3 Å². The first-order chi connectivity index (χ1) is 12.2. The van der Waals surface area contributed by atoms with E-state index < -0.39 is 5.60 Å². The number of aromatic nitrogens is 1. The second-order valence-electron chi connectivity index (χ2n) is 8.55. The van der Waals surface area contributed by atoms with Crippen molar-refractivity contribution in [3.8, 4) is 0 Å². The highest BCUT2D eigenvalue weighted by atomic mass is 79.9. The molecular formula is C21H29BrN2O2. The largest absolute Gasteiger partial charge is 0.444 e. The smallest absolute Gasteiger partial charge is 0.410 e. The van der Waals surface area contributed by atoms with Crippen LogP contribution in [-0.2, 0) is 4.74 Å². The lowest BCUT2D eigenvalue weighted by atomic mass is 9.88. The number of carbonyl (C=O) groups excluding carboxylic acids is 1. The molecule has 1 aromatic heterocycles. The number of rotatable bonds is 2. The maximum Gasteiger partial charge on any atom is 0.410 e. The summed E-state index contributed by atoms with van der Waals surface area (Å²) in [5, 5.41) is 1.30. The monoisotopic (exact) mass is 420 g/mol. The fourth-order valence-corrected chi connectivity index (χ4v) is 4.62. The molecular weight excluding hydrogens is 392 g/mol. The van der Waals surface area contributed by atoms with Crippen molar-refractivity contribution in [3.05, 3.63) is 33.9 Å². The zero-order valence-corrected chi connectivity index (χ0v) is 17.9. The third-order valence-electron chi connectivity index (χ3n) is 5.01. The average molecular weight is 421 g/mol. The minimum Gasteiger partial charge on any atom is -0.444 e. The fraction of sp³-hybridized carbons (Fsp3) is 0.571. The number of ether oxygens (including phenoxy) is 1. The molecule has 1 saturated heterocycles. The van der Waals surface area contributed by atoms with Gasteiger partial charge in [0.2, 0.25) is 0 Å². The number of carbonyl (C=O) groups is 1. The van der Waals surface area contributed by atoms with Gasteiger partial charge in [0.15, 0.2) is 0 Å². The molecule has 142 valence electrons. The Morgan fingerprint density at radius 3 is 2.50 bits per heavy atom. The number of H-pyrrole nitrogens is 1. The predicted octanol–water partition coefficient (Wildman–Crippen LogP) is 6.17. The third-order valence-corrected chi connectivity index (χ3v) is 5.64. The number of hydrogen-bond donors (Lipinski definition) is 1. The highest BCUT2D eigenvalue weighted by Crippen LogP contribution is 2.36. The summed E-state index contributed by atoms with van der Waals surface area (Å²) >= 11 is 3.66. The lowest BCUT2D eigenvalue weighted by Crippen LogP contribution is -2.41. The molecule has 0 radical (unpaired) electrons. The van der Waals surface area contributed by atoms with Crippen LogP contribution in [0.5, 0.6) is 0 Å². The summed E-state index contributed by atoms with van der Waals surface area (Å²) in [5.41, 5.74) is 3.45. The Morgan fingerprint density at radius 1 is 1.27 bits per heavy atom. The molecule has 0 saturated carbocycles. The molecule has 0 spiro atoms. The van der Waals surface area contributed by atoms with Crippen LogP contribution in [0.1, 0.15) is 70.4 Å². The van der Waals surface area contributed by atoms with Gasteiger partial charge in [0.05, 0.1) is 4.60 Å². The van der Waals surface area contributed by atoms with Crippen LogP contribution in [0.25, 0.3) is 10.9 Å². The summed E-state index contributed by atoms with van der Waals surface area (Å²) in [6.07, 6.45) is 1.77. The first-order valence-corrected chi connectivity index (χ1v) is 10.2. The molecule has 1 aromatic carbocycles. The minimum absolute atomic E-state index is 0.192. The van der Waals surface area contributed by atoms with Gasteiger partial charge in [-0.1, -0.05) is 19.9 Å². The molecule has 2 heterocycles. The minimum atomic E-state index is -0.437. The average Bonchev–Trinajstić information content (AvgIpc) is 2.88. The Balaban J connectivity index is 1.73. The molecule has 5 heteroatoms. The van der Waals surface area contributed by atoms with E-state index in [1.165, 1.54) is 22.0 Å². The van der Waals surface area contributed by atoms with E-state index >= 15 is 0 Å². The molecule has 26 heavy (non-hydrogen) atoms. The molecule has 2 aromatic rings. The van der Waals surface area contributed by atoms with Gasteiger partial charge in [-0.05, 0) is 84.6 Å². The maximum absolute atomic E-state index is 12.2. The molecule has 0 bridgehead atoms. The zero-order valence-electron chi connectivity index (χ0n) is 16.4. The molecule has 1 aliphatic rings. The molecule has 3 rings (SSSR count). The van der Waals surface area contributed by atoms with Gasteiger partial charge in [-0.15, -0.1) is 0 Å². The summed E-state index contributed by atoms with van der Waals surface area (Å²) in [5.74, 6) is 0.953. The van der Waals surface area contributed by atoms with E-state index in [-0.39, 0.29) is 6.09 Å². The molecule has 0 unspecified atom stereocenters. The number of hydrogen-bond acceptors (Lipinski definition) is 2. The summed E-state index contributed by atoms with van der Waals surface area (Å²) in [6.45, 7) is 11.7. The number of aromatic amines is 1. The van der Waals surface area contributed by atoms with Crippen molar-refractivity contribution >= 4 is 32.9 Å². The van der Waals surface area contributed by atoms with Crippen molar-refractivity contribution in [2.45, 2.75) is 64.9 Å². The van der Waals surface area contributed by atoms with Gasteiger partial charge in [0, 0.05) is 24.0 Å². The molecule has 1 aliphatic heterocycles. The van der Waals surface area contributed by atoms with Crippen LogP contribution in [0.4, 0.5) is 4.79 Å². The number of piperidine rings is 1.